The first-order valence-electron chi connectivity index (χ1n) is 8.62. The van der Waals surface area contributed by atoms with E-state index in [0.717, 1.165) is 18.4 Å². The van der Waals surface area contributed by atoms with Crippen molar-refractivity contribution in [2.24, 2.45) is 0 Å². The van der Waals surface area contributed by atoms with Crippen LogP contribution in [0.25, 0.3) is 0 Å². The highest BCUT2D eigenvalue weighted by atomic mass is 19.1. The number of carbonyl (C=O) groups excluding carboxylic acids is 1. The van der Waals surface area contributed by atoms with Crippen molar-refractivity contribution in [3.63, 3.8) is 0 Å². The number of hydrogen-bond acceptors (Lipinski definition) is 2. The van der Waals surface area contributed by atoms with E-state index in [9.17, 15) is 9.18 Å². The molecule has 1 fully saturated rings. The Balaban J connectivity index is 1.70. The second-order valence-corrected chi connectivity index (χ2v) is 6.56. The lowest BCUT2D eigenvalue weighted by Crippen LogP contribution is -3.16. The molecule has 1 unspecified atom stereocenters. The number of nitrogens with one attached hydrogen (secondary N) is 2. The highest BCUT2D eigenvalue weighted by Gasteiger charge is 2.39. The molecule has 1 aliphatic rings. The zero-order valence-corrected chi connectivity index (χ0v) is 14.6. The van der Waals surface area contributed by atoms with E-state index in [1.54, 1.807) is 19.2 Å². The topological polar surface area (TPSA) is 42.8 Å². The number of quaternary nitrogens is 1. The molecule has 0 aliphatic heterocycles. The Bertz CT molecular complexity index is 729. The Morgan fingerprint density at radius 3 is 2.56 bits per heavy atom. The highest BCUT2D eigenvalue weighted by molar-refractivity contribution is 5.94. The van der Waals surface area contributed by atoms with Crippen LogP contribution in [0.15, 0.2) is 48.5 Å². The minimum Gasteiger partial charge on any atom is -0.495 e. The molecule has 0 spiro atoms. The van der Waals surface area contributed by atoms with Crippen LogP contribution in [0, 0.1) is 5.82 Å². The van der Waals surface area contributed by atoms with Crippen molar-refractivity contribution in [1.29, 1.82) is 0 Å². The van der Waals surface area contributed by atoms with Gasteiger partial charge in [0.2, 0.25) is 0 Å². The van der Waals surface area contributed by atoms with Crippen LogP contribution in [0.4, 0.5) is 10.1 Å². The summed E-state index contributed by atoms with van der Waals surface area (Å²) in [6.45, 7) is 2.66. The summed E-state index contributed by atoms with van der Waals surface area (Å²) in [5, 5.41) is 2.97. The van der Waals surface area contributed by atoms with E-state index >= 15 is 0 Å². The Hall–Kier alpha value is -2.40. The highest BCUT2D eigenvalue weighted by Crippen LogP contribution is 2.23. The number of methoxy groups -OCH3 is 1. The second-order valence-electron chi connectivity index (χ2n) is 6.56. The van der Waals surface area contributed by atoms with Crippen molar-refractivity contribution in [3.05, 3.63) is 59.9 Å². The number of anilines is 1. The number of hydrogen-bond donors (Lipinski definition) is 2. The number of ether oxygens (including phenoxy) is 1. The van der Waals surface area contributed by atoms with Crippen molar-refractivity contribution >= 4 is 11.6 Å². The van der Waals surface area contributed by atoms with Gasteiger partial charge in [-0.1, -0.05) is 24.3 Å². The molecule has 132 valence electrons. The van der Waals surface area contributed by atoms with Crippen LogP contribution >= 0.6 is 0 Å². The van der Waals surface area contributed by atoms with Crippen LogP contribution in [0.3, 0.4) is 0 Å². The van der Waals surface area contributed by atoms with Crippen molar-refractivity contribution in [2.45, 2.75) is 38.4 Å². The van der Waals surface area contributed by atoms with E-state index in [1.807, 2.05) is 31.2 Å². The van der Waals surface area contributed by atoms with Gasteiger partial charge in [-0.05, 0) is 31.2 Å². The van der Waals surface area contributed by atoms with Gasteiger partial charge in [-0.15, -0.1) is 0 Å². The Morgan fingerprint density at radius 2 is 1.92 bits per heavy atom. The molecule has 0 aromatic heterocycles. The van der Waals surface area contributed by atoms with Crippen molar-refractivity contribution in [2.75, 3.05) is 12.4 Å². The maximum absolute atomic E-state index is 13.1. The van der Waals surface area contributed by atoms with Crippen LogP contribution < -0.4 is 15.0 Å². The SMILES string of the molecule is COc1ccccc1NC(=O)[C@@H](C)[NH+](Cc1ccc(F)cc1)C1CC1. The first kappa shape index (κ1) is 17.4. The largest absolute Gasteiger partial charge is 0.495 e. The number of rotatable bonds is 7. The summed E-state index contributed by atoms with van der Waals surface area (Å²) in [6, 6.07) is 14.2. The maximum atomic E-state index is 13.1. The predicted octanol–water partition coefficient (Wildman–Crippen LogP) is 2.41. The Morgan fingerprint density at radius 1 is 1.24 bits per heavy atom. The average Bonchev–Trinajstić information content (AvgIpc) is 3.46. The number of carbonyl (C=O) groups is 1. The minimum absolute atomic E-state index is 0.0338. The van der Waals surface area contributed by atoms with Crippen molar-refractivity contribution in [1.82, 2.24) is 0 Å². The normalized spacial score (nSPS) is 16.1. The average molecular weight is 343 g/mol. The predicted molar refractivity (Wildman–Crippen MR) is 95.2 cm³/mol. The lowest BCUT2D eigenvalue weighted by atomic mass is 10.1. The molecule has 2 N–H and O–H groups in total. The lowest BCUT2D eigenvalue weighted by molar-refractivity contribution is -0.938. The molecule has 2 atom stereocenters. The summed E-state index contributed by atoms with van der Waals surface area (Å²) < 4.78 is 18.4. The maximum Gasteiger partial charge on any atom is 0.282 e. The van der Waals surface area contributed by atoms with Gasteiger partial charge >= 0.3 is 0 Å². The third-order valence-corrected chi connectivity index (χ3v) is 4.74. The summed E-state index contributed by atoms with van der Waals surface area (Å²) in [4.78, 5) is 14.0. The molecule has 5 heteroatoms. The lowest BCUT2D eigenvalue weighted by Gasteiger charge is -2.25. The molecular weight excluding hydrogens is 319 g/mol. The molecule has 1 aliphatic carbocycles. The van der Waals surface area contributed by atoms with E-state index in [2.05, 4.69) is 5.32 Å². The number of halogens is 1. The fourth-order valence-electron chi connectivity index (χ4n) is 3.10. The third kappa shape index (κ3) is 4.37. The molecule has 0 radical (unpaired) electrons. The van der Waals surface area contributed by atoms with Gasteiger partial charge in [0, 0.05) is 18.4 Å². The molecule has 2 aromatic carbocycles. The van der Waals surface area contributed by atoms with Gasteiger partial charge in [0.15, 0.2) is 6.04 Å². The summed E-state index contributed by atoms with van der Waals surface area (Å²) in [6.07, 6.45) is 2.26. The van der Waals surface area contributed by atoms with Gasteiger partial charge in [-0.3, -0.25) is 4.79 Å². The molecule has 1 amide bonds. The van der Waals surface area contributed by atoms with E-state index in [1.165, 1.54) is 17.0 Å². The van der Waals surface area contributed by atoms with Crippen LogP contribution in [-0.4, -0.2) is 25.1 Å². The molecule has 25 heavy (non-hydrogen) atoms. The zero-order chi connectivity index (χ0) is 17.8. The number of benzene rings is 2. The zero-order valence-electron chi connectivity index (χ0n) is 14.6. The molecule has 4 nitrogen and oxygen atoms in total. The molecule has 0 heterocycles. The molecular formula is C20H24FN2O2+. The Labute approximate surface area is 147 Å². The standard InChI is InChI=1S/C20H23FN2O2/c1-14(20(24)22-18-5-3-4-6-19(18)25-2)23(17-11-12-17)13-15-7-9-16(21)10-8-15/h3-10,14,17H,11-13H2,1-2H3,(H,22,24)/p+1/t14-/m1/s1. The first-order valence-corrected chi connectivity index (χ1v) is 8.62. The minimum atomic E-state index is -0.237. The number of para-hydroxylation sites is 2. The molecule has 2 aromatic rings. The third-order valence-electron chi connectivity index (χ3n) is 4.74. The van der Waals surface area contributed by atoms with E-state index < -0.39 is 0 Å². The summed E-state index contributed by atoms with van der Waals surface area (Å²) in [5.74, 6) is 0.377. The smallest absolute Gasteiger partial charge is 0.282 e. The summed E-state index contributed by atoms with van der Waals surface area (Å²) in [5.41, 5.74) is 1.72. The van der Waals surface area contributed by atoms with E-state index in [4.69, 9.17) is 4.74 Å². The van der Waals surface area contributed by atoms with E-state index in [-0.39, 0.29) is 17.8 Å². The van der Waals surface area contributed by atoms with Gasteiger partial charge in [-0.2, -0.15) is 0 Å². The fraction of sp³-hybridized carbons (Fsp3) is 0.350. The summed E-state index contributed by atoms with van der Waals surface area (Å²) >= 11 is 0. The van der Waals surface area contributed by atoms with Crippen LogP contribution in [-0.2, 0) is 11.3 Å². The fourth-order valence-corrected chi connectivity index (χ4v) is 3.10. The molecule has 0 saturated heterocycles. The summed E-state index contributed by atoms with van der Waals surface area (Å²) in [7, 11) is 1.59. The molecule has 1 saturated carbocycles. The van der Waals surface area contributed by atoms with Crippen LogP contribution in [0.1, 0.15) is 25.3 Å². The number of amides is 1. The van der Waals surface area contributed by atoms with Gasteiger partial charge in [-0.25, -0.2) is 4.39 Å². The van der Waals surface area contributed by atoms with Gasteiger partial charge in [0.05, 0.1) is 18.8 Å². The Kier molecular flexibility index (Phi) is 5.34. The first-order chi connectivity index (χ1) is 12.1. The van der Waals surface area contributed by atoms with Crippen molar-refractivity contribution in [3.8, 4) is 5.75 Å². The van der Waals surface area contributed by atoms with Crippen LogP contribution in [0.5, 0.6) is 5.75 Å². The quantitative estimate of drug-likeness (QED) is 0.811. The molecule has 3 rings (SSSR count). The monoisotopic (exact) mass is 343 g/mol. The molecule has 0 bridgehead atoms. The van der Waals surface area contributed by atoms with Crippen molar-refractivity contribution < 1.29 is 18.8 Å². The van der Waals surface area contributed by atoms with Gasteiger partial charge in [0.25, 0.3) is 5.91 Å². The van der Waals surface area contributed by atoms with Gasteiger partial charge in [0.1, 0.15) is 18.1 Å². The van der Waals surface area contributed by atoms with Crippen LogP contribution in [0.2, 0.25) is 0 Å². The van der Waals surface area contributed by atoms with Gasteiger partial charge < -0.3 is 15.0 Å². The van der Waals surface area contributed by atoms with E-state index in [0.29, 0.717) is 24.0 Å². The second kappa shape index (κ2) is 7.66.